The fourth-order valence-electron chi connectivity index (χ4n) is 4.80. The summed E-state index contributed by atoms with van der Waals surface area (Å²) in [6, 6.07) is 6.40. The molecule has 2 aromatic heterocycles. The summed E-state index contributed by atoms with van der Waals surface area (Å²) in [6.45, 7) is 3.91. The van der Waals surface area contributed by atoms with Crippen molar-refractivity contribution in [3.05, 3.63) is 40.5 Å². The van der Waals surface area contributed by atoms with E-state index in [2.05, 4.69) is 9.88 Å². The van der Waals surface area contributed by atoms with Gasteiger partial charge in [0.2, 0.25) is 0 Å². The fraction of sp³-hybridized carbons (Fsp3) is 0.520. The first kappa shape index (κ1) is 24.4. The molecule has 2 heterocycles. The third kappa shape index (κ3) is 5.49. The normalized spacial score (nSPS) is 18.9. The molecule has 0 unspecified atom stereocenters. The van der Waals surface area contributed by atoms with Crippen LogP contribution in [0.15, 0.2) is 24.4 Å². The molecule has 4 rings (SSSR count). The summed E-state index contributed by atoms with van der Waals surface area (Å²) >= 11 is 8.46. The maximum atomic E-state index is 12.2. The van der Waals surface area contributed by atoms with Gasteiger partial charge in [-0.25, -0.2) is 9.78 Å². The van der Waals surface area contributed by atoms with Crippen molar-refractivity contribution in [2.24, 2.45) is 5.73 Å². The van der Waals surface area contributed by atoms with Crippen molar-refractivity contribution in [1.82, 2.24) is 9.88 Å². The summed E-state index contributed by atoms with van der Waals surface area (Å²) in [6.07, 6.45) is 7.92. The van der Waals surface area contributed by atoms with Gasteiger partial charge in [-0.05, 0) is 75.8 Å². The molecule has 0 bridgehead atoms. The number of ether oxygens (including phenoxy) is 1. The lowest BCUT2D eigenvalue weighted by Crippen LogP contribution is -2.42. The highest BCUT2D eigenvalue weighted by atomic mass is 35.5. The summed E-state index contributed by atoms with van der Waals surface area (Å²) < 4.78 is 6.21. The highest BCUT2D eigenvalue weighted by Gasteiger charge is 2.24. The number of halogens is 1. The van der Waals surface area contributed by atoms with E-state index in [4.69, 9.17) is 22.1 Å². The number of nitrogens with two attached hydrogens (primary N) is 1. The van der Waals surface area contributed by atoms with E-state index in [1.807, 2.05) is 18.3 Å². The molecule has 1 aromatic carbocycles. The van der Waals surface area contributed by atoms with Crippen LogP contribution in [0.3, 0.4) is 0 Å². The molecule has 6 nitrogen and oxygen atoms in total. The molecule has 0 amide bonds. The Kier molecular flexibility index (Phi) is 8.20. The summed E-state index contributed by atoms with van der Waals surface area (Å²) in [7, 11) is 0. The maximum absolute atomic E-state index is 12.2. The molecule has 0 atom stereocenters. The van der Waals surface area contributed by atoms with Crippen molar-refractivity contribution in [2.75, 3.05) is 26.3 Å². The van der Waals surface area contributed by atoms with Crippen molar-refractivity contribution in [3.8, 4) is 0 Å². The molecule has 0 spiro atoms. The van der Waals surface area contributed by atoms with Gasteiger partial charge in [-0.3, -0.25) is 4.90 Å². The second-order valence-corrected chi connectivity index (χ2v) is 10.2. The number of aromatic nitrogens is 1. The van der Waals surface area contributed by atoms with E-state index in [0.29, 0.717) is 35.8 Å². The van der Waals surface area contributed by atoms with Crippen LogP contribution in [0.2, 0.25) is 5.02 Å². The van der Waals surface area contributed by atoms with Gasteiger partial charge in [-0.15, -0.1) is 11.3 Å². The number of hydrogen-bond donors (Lipinski definition) is 2. The van der Waals surface area contributed by atoms with E-state index in [1.54, 1.807) is 24.3 Å². The van der Waals surface area contributed by atoms with Crippen molar-refractivity contribution in [2.45, 2.75) is 57.5 Å². The second kappa shape index (κ2) is 11.1. The zero-order chi connectivity index (χ0) is 23.4. The molecule has 33 heavy (non-hydrogen) atoms. The maximum Gasteiger partial charge on any atom is 0.338 e. The Hall–Kier alpha value is -1.77. The molecule has 1 fully saturated rings. The molecular formula is C25H32ClN3O3S. The van der Waals surface area contributed by atoms with Crippen LogP contribution in [-0.4, -0.2) is 59.3 Å². The first-order chi connectivity index (χ1) is 16.0. The average Bonchev–Trinajstić information content (AvgIpc) is 3.19. The zero-order valence-corrected chi connectivity index (χ0v) is 20.6. The molecule has 3 N–H and O–H groups in total. The van der Waals surface area contributed by atoms with Gasteiger partial charge < -0.3 is 15.6 Å². The van der Waals surface area contributed by atoms with E-state index < -0.39 is 0 Å². The standard InChI is InChI=1S/C25H32ClN3O3S/c1-2-32-25(31)16-5-10-21-20(14-16)22-23(26)17(15-28-24(22)33-21)4-3-11-29(12-13-30)19-8-6-18(27)7-9-19/h5,10,14-15,18-19,30H,2-4,6-9,11-13,27H2,1H3. The van der Waals surface area contributed by atoms with E-state index in [9.17, 15) is 9.90 Å². The molecule has 0 saturated heterocycles. The molecule has 8 heteroatoms. The van der Waals surface area contributed by atoms with Crippen LogP contribution >= 0.6 is 22.9 Å². The molecule has 0 radical (unpaired) electrons. The largest absolute Gasteiger partial charge is 0.462 e. The van der Waals surface area contributed by atoms with E-state index in [1.165, 1.54) is 0 Å². The average molecular weight is 490 g/mol. The van der Waals surface area contributed by atoms with Crippen molar-refractivity contribution in [3.63, 3.8) is 0 Å². The molecule has 3 aromatic rings. The van der Waals surface area contributed by atoms with Crippen molar-refractivity contribution < 1.29 is 14.6 Å². The smallest absolute Gasteiger partial charge is 0.338 e. The number of rotatable bonds is 9. The Labute approximate surface area is 203 Å². The number of pyridine rings is 1. The van der Waals surface area contributed by atoms with Crippen LogP contribution in [0.25, 0.3) is 20.3 Å². The van der Waals surface area contributed by atoms with Crippen LogP contribution < -0.4 is 5.73 Å². The SMILES string of the molecule is CCOC(=O)c1ccc2sc3ncc(CCCN(CCO)C4CCC(N)CC4)c(Cl)c3c2c1. The van der Waals surface area contributed by atoms with Crippen molar-refractivity contribution in [1.29, 1.82) is 0 Å². The van der Waals surface area contributed by atoms with Crippen LogP contribution in [0, 0.1) is 0 Å². The quantitative estimate of drug-likeness (QED) is 0.420. The van der Waals surface area contributed by atoms with Gasteiger partial charge in [0.25, 0.3) is 0 Å². The highest BCUT2D eigenvalue weighted by molar-refractivity contribution is 7.25. The lowest BCUT2D eigenvalue weighted by Gasteiger charge is -2.35. The Morgan fingerprint density at radius 1 is 1.30 bits per heavy atom. The van der Waals surface area contributed by atoms with Crippen LogP contribution in [-0.2, 0) is 11.2 Å². The molecule has 178 valence electrons. The number of carbonyl (C=O) groups is 1. The van der Waals surface area contributed by atoms with Crippen molar-refractivity contribution >= 4 is 49.2 Å². The number of hydrogen-bond acceptors (Lipinski definition) is 7. The van der Waals surface area contributed by atoms with Crippen LogP contribution in [0.1, 0.15) is 54.9 Å². The van der Waals surface area contributed by atoms with Gasteiger partial charge in [0.05, 0.1) is 23.8 Å². The number of esters is 1. The van der Waals surface area contributed by atoms with Crippen LogP contribution in [0.5, 0.6) is 0 Å². The van der Waals surface area contributed by atoms with E-state index in [0.717, 1.165) is 70.9 Å². The Balaban J connectivity index is 1.51. The number of aliphatic hydroxyl groups is 1. The molecule has 1 aliphatic carbocycles. The summed E-state index contributed by atoms with van der Waals surface area (Å²) in [5, 5.41) is 12.1. The lowest BCUT2D eigenvalue weighted by atomic mass is 9.90. The van der Waals surface area contributed by atoms with Crippen LogP contribution in [0.4, 0.5) is 0 Å². The first-order valence-corrected chi connectivity index (χ1v) is 13.0. The topological polar surface area (TPSA) is 88.7 Å². The third-order valence-electron chi connectivity index (χ3n) is 6.56. The lowest BCUT2D eigenvalue weighted by molar-refractivity contribution is 0.0526. The molecule has 1 aliphatic rings. The van der Waals surface area contributed by atoms with Gasteiger partial charge in [0.15, 0.2) is 0 Å². The fourth-order valence-corrected chi connectivity index (χ4v) is 6.23. The van der Waals surface area contributed by atoms with E-state index >= 15 is 0 Å². The number of thiophene rings is 1. The number of fused-ring (bicyclic) bond motifs is 3. The van der Waals surface area contributed by atoms with Gasteiger partial charge >= 0.3 is 5.97 Å². The number of benzene rings is 1. The minimum atomic E-state index is -0.327. The van der Waals surface area contributed by atoms with Gasteiger partial charge in [0, 0.05) is 40.3 Å². The first-order valence-electron chi connectivity index (χ1n) is 11.8. The molecular weight excluding hydrogens is 458 g/mol. The monoisotopic (exact) mass is 489 g/mol. The summed E-state index contributed by atoms with van der Waals surface area (Å²) in [5.74, 6) is -0.327. The minimum absolute atomic E-state index is 0.167. The number of aryl methyl sites for hydroxylation is 1. The summed E-state index contributed by atoms with van der Waals surface area (Å²) in [5.41, 5.74) is 7.61. The zero-order valence-electron chi connectivity index (χ0n) is 19.1. The minimum Gasteiger partial charge on any atom is -0.462 e. The van der Waals surface area contributed by atoms with Gasteiger partial charge in [0.1, 0.15) is 4.83 Å². The number of carbonyl (C=O) groups excluding carboxylic acids is 1. The number of aliphatic hydroxyl groups excluding tert-OH is 1. The van der Waals surface area contributed by atoms with Gasteiger partial charge in [-0.1, -0.05) is 11.6 Å². The third-order valence-corrected chi connectivity index (χ3v) is 8.07. The molecule has 1 saturated carbocycles. The highest BCUT2D eigenvalue weighted by Crippen LogP contribution is 2.39. The summed E-state index contributed by atoms with van der Waals surface area (Å²) in [4.78, 5) is 20.2. The second-order valence-electron chi connectivity index (χ2n) is 8.74. The Morgan fingerprint density at radius 2 is 2.09 bits per heavy atom. The number of nitrogens with zero attached hydrogens (tertiary/aromatic N) is 2. The Morgan fingerprint density at radius 3 is 2.82 bits per heavy atom. The van der Waals surface area contributed by atoms with Gasteiger partial charge in [-0.2, -0.15) is 0 Å². The predicted octanol–water partition coefficient (Wildman–Crippen LogP) is 4.78. The Bertz CT molecular complexity index is 1110. The predicted molar refractivity (Wildman–Crippen MR) is 135 cm³/mol. The van der Waals surface area contributed by atoms with E-state index in [-0.39, 0.29) is 12.6 Å². The molecule has 0 aliphatic heterocycles.